The number of aromatic nitrogens is 2. The van der Waals surface area contributed by atoms with E-state index in [-0.39, 0.29) is 30.3 Å². The molecule has 1 fully saturated rings. The molecule has 5 nitrogen and oxygen atoms in total. The molecule has 0 bridgehead atoms. The van der Waals surface area contributed by atoms with Crippen molar-refractivity contribution >= 4 is 5.91 Å². The Kier molecular flexibility index (Phi) is 4.71. The van der Waals surface area contributed by atoms with E-state index in [9.17, 15) is 14.3 Å². The first-order valence-corrected chi connectivity index (χ1v) is 7.88. The lowest BCUT2D eigenvalue weighted by atomic mass is 9.86. The van der Waals surface area contributed by atoms with Crippen molar-refractivity contribution in [3.8, 4) is 11.3 Å². The predicted octanol–water partition coefficient (Wildman–Crippen LogP) is 2.50. The van der Waals surface area contributed by atoms with Crippen LogP contribution < -0.4 is 5.32 Å². The number of benzene rings is 1. The summed E-state index contributed by atoms with van der Waals surface area (Å²) in [7, 11) is 0. The number of carbonyl (C=O) groups excluding carboxylic acids is 1. The third-order valence-electron chi connectivity index (χ3n) is 4.37. The highest BCUT2D eigenvalue weighted by Gasteiger charge is 2.24. The number of aliphatic hydroxyl groups is 1. The van der Waals surface area contributed by atoms with Gasteiger partial charge in [0, 0.05) is 18.2 Å². The molecule has 0 saturated heterocycles. The van der Waals surface area contributed by atoms with Crippen LogP contribution in [0.5, 0.6) is 0 Å². The molecule has 0 spiro atoms. The summed E-state index contributed by atoms with van der Waals surface area (Å²) in [6.07, 6.45) is 5.16. The van der Waals surface area contributed by atoms with Gasteiger partial charge in [0.1, 0.15) is 5.82 Å². The largest absolute Gasteiger partial charge is 0.396 e. The smallest absolute Gasteiger partial charge is 0.255 e. The van der Waals surface area contributed by atoms with Gasteiger partial charge in [-0.25, -0.2) is 4.39 Å². The third kappa shape index (κ3) is 3.59. The quantitative estimate of drug-likeness (QED) is 0.811. The molecule has 6 heteroatoms. The molecule has 0 radical (unpaired) electrons. The monoisotopic (exact) mass is 317 g/mol. The number of amides is 1. The topological polar surface area (TPSA) is 78.0 Å². The molecule has 2 aromatic rings. The number of halogens is 1. The van der Waals surface area contributed by atoms with Gasteiger partial charge in [-0.05, 0) is 37.3 Å². The van der Waals surface area contributed by atoms with Gasteiger partial charge < -0.3 is 10.4 Å². The van der Waals surface area contributed by atoms with Gasteiger partial charge in [-0.2, -0.15) is 5.10 Å². The van der Waals surface area contributed by atoms with Gasteiger partial charge in [0.15, 0.2) is 0 Å². The van der Waals surface area contributed by atoms with Gasteiger partial charge in [0.05, 0.1) is 17.5 Å². The van der Waals surface area contributed by atoms with Crippen molar-refractivity contribution in [1.82, 2.24) is 15.5 Å². The SMILES string of the molecule is O=C(N[C@@H]1CCC[C@@H](CO)C1)c1cn[nH]c1-c1cccc(F)c1. The molecule has 23 heavy (non-hydrogen) atoms. The second-order valence-electron chi connectivity index (χ2n) is 6.05. The predicted molar refractivity (Wildman–Crippen MR) is 84.3 cm³/mol. The fourth-order valence-corrected chi connectivity index (χ4v) is 3.17. The molecule has 1 saturated carbocycles. The maximum absolute atomic E-state index is 13.4. The summed E-state index contributed by atoms with van der Waals surface area (Å²) < 4.78 is 13.4. The van der Waals surface area contributed by atoms with Gasteiger partial charge in [-0.1, -0.05) is 18.6 Å². The summed E-state index contributed by atoms with van der Waals surface area (Å²) in [4.78, 5) is 12.5. The number of nitrogens with one attached hydrogen (secondary N) is 2. The first-order valence-electron chi connectivity index (χ1n) is 7.88. The van der Waals surface area contributed by atoms with E-state index in [1.165, 1.54) is 18.3 Å². The molecule has 1 aromatic carbocycles. The van der Waals surface area contributed by atoms with E-state index in [1.54, 1.807) is 12.1 Å². The second-order valence-corrected chi connectivity index (χ2v) is 6.05. The van der Waals surface area contributed by atoms with Crippen LogP contribution >= 0.6 is 0 Å². The Bertz CT molecular complexity index is 686. The number of nitrogens with zero attached hydrogens (tertiary/aromatic N) is 1. The van der Waals surface area contributed by atoms with Crippen molar-refractivity contribution in [2.45, 2.75) is 31.7 Å². The summed E-state index contributed by atoms with van der Waals surface area (Å²) in [5, 5.41) is 19.0. The Labute approximate surface area is 133 Å². The fourth-order valence-electron chi connectivity index (χ4n) is 3.17. The zero-order valence-electron chi connectivity index (χ0n) is 12.8. The van der Waals surface area contributed by atoms with Crippen LogP contribution in [0.1, 0.15) is 36.0 Å². The van der Waals surface area contributed by atoms with E-state index in [4.69, 9.17) is 0 Å². The van der Waals surface area contributed by atoms with Gasteiger partial charge in [-0.3, -0.25) is 9.89 Å². The van der Waals surface area contributed by atoms with Gasteiger partial charge >= 0.3 is 0 Å². The molecule has 1 aromatic heterocycles. The number of rotatable bonds is 4. The number of carbonyl (C=O) groups is 1. The minimum absolute atomic E-state index is 0.0589. The summed E-state index contributed by atoms with van der Waals surface area (Å²) in [6.45, 7) is 0.159. The Morgan fingerprint density at radius 3 is 3.09 bits per heavy atom. The fraction of sp³-hybridized carbons (Fsp3) is 0.412. The van der Waals surface area contributed by atoms with E-state index in [0.29, 0.717) is 16.8 Å². The van der Waals surface area contributed by atoms with Crippen LogP contribution in [0.4, 0.5) is 4.39 Å². The molecule has 1 aliphatic rings. The number of H-pyrrole nitrogens is 1. The lowest BCUT2D eigenvalue weighted by Crippen LogP contribution is -2.39. The Morgan fingerprint density at radius 2 is 2.30 bits per heavy atom. The highest BCUT2D eigenvalue weighted by molar-refractivity contribution is 5.99. The Morgan fingerprint density at radius 1 is 1.43 bits per heavy atom. The van der Waals surface area contributed by atoms with E-state index in [0.717, 1.165) is 25.7 Å². The van der Waals surface area contributed by atoms with Crippen molar-refractivity contribution in [2.24, 2.45) is 5.92 Å². The van der Waals surface area contributed by atoms with Gasteiger partial charge in [-0.15, -0.1) is 0 Å². The van der Waals surface area contributed by atoms with Crippen LogP contribution in [-0.4, -0.2) is 33.9 Å². The molecule has 0 unspecified atom stereocenters. The number of hydrogen-bond donors (Lipinski definition) is 3. The summed E-state index contributed by atoms with van der Waals surface area (Å²) in [5.41, 5.74) is 1.50. The van der Waals surface area contributed by atoms with Crippen molar-refractivity contribution in [2.75, 3.05) is 6.61 Å². The zero-order valence-corrected chi connectivity index (χ0v) is 12.8. The average molecular weight is 317 g/mol. The molecule has 3 N–H and O–H groups in total. The molecule has 1 aliphatic carbocycles. The summed E-state index contributed by atoms with van der Waals surface area (Å²) in [6, 6.07) is 6.11. The van der Waals surface area contributed by atoms with E-state index in [1.807, 2.05) is 0 Å². The number of aromatic amines is 1. The average Bonchev–Trinajstić information content (AvgIpc) is 3.05. The highest BCUT2D eigenvalue weighted by atomic mass is 19.1. The van der Waals surface area contributed by atoms with Crippen molar-refractivity contribution in [1.29, 1.82) is 0 Å². The number of hydrogen-bond acceptors (Lipinski definition) is 3. The maximum atomic E-state index is 13.4. The standard InChI is InChI=1S/C17H20FN3O2/c18-13-5-2-4-12(8-13)16-15(9-19-21-16)17(23)20-14-6-1-3-11(7-14)10-22/h2,4-5,8-9,11,14,22H,1,3,6-7,10H2,(H,19,21)(H,20,23)/t11-,14-/m1/s1. The van der Waals surface area contributed by atoms with E-state index >= 15 is 0 Å². The lowest BCUT2D eigenvalue weighted by Gasteiger charge is -2.28. The van der Waals surface area contributed by atoms with Crippen LogP contribution in [0.3, 0.4) is 0 Å². The maximum Gasteiger partial charge on any atom is 0.255 e. The molecule has 0 aliphatic heterocycles. The van der Waals surface area contributed by atoms with Crippen molar-refractivity contribution in [3.63, 3.8) is 0 Å². The third-order valence-corrected chi connectivity index (χ3v) is 4.37. The molecule has 2 atom stereocenters. The van der Waals surface area contributed by atoms with Crippen molar-refractivity contribution < 1.29 is 14.3 Å². The summed E-state index contributed by atoms with van der Waals surface area (Å²) in [5.74, 6) is -0.329. The van der Waals surface area contributed by atoms with Crippen LogP contribution in [0.25, 0.3) is 11.3 Å². The van der Waals surface area contributed by atoms with Crippen LogP contribution in [0.2, 0.25) is 0 Å². The molecular formula is C17H20FN3O2. The van der Waals surface area contributed by atoms with Crippen LogP contribution in [0, 0.1) is 11.7 Å². The van der Waals surface area contributed by atoms with Crippen LogP contribution in [0.15, 0.2) is 30.5 Å². The molecule has 3 rings (SSSR count). The van der Waals surface area contributed by atoms with Gasteiger partial charge in [0.25, 0.3) is 5.91 Å². The number of aliphatic hydroxyl groups excluding tert-OH is 1. The molecular weight excluding hydrogens is 297 g/mol. The van der Waals surface area contributed by atoms with Crippen molar-refractivity contribution in [3.05, 3.63) is 41.8 Å². The zero-order chi connectivity index (χ0) is 16.2. The second kappa shape index (κ2) is 6.91. The molecule has 1 amide bonds. The van der Waals surface area contributed by atoms with E-state index < -0.39 is 0 Å². The highest BCUT2D eigenvalue weighted by Crippen LogP contribution is 2.25. The first-order chi connectivity index (χ1) is 11.2. The minimum atomic E-state index is -0.360. The van der Waals surface area contributed by atoms with E-state index in [2.05, 4.69) is 15.5 Å². The van der Waals surface area contributed by atoms with Crippen LogP contribution in [-0.2, 0) is 0 Å². The summed E-state index contributed by atoms with van der Waals surface area (Å²) >= 11 is 0. The Hall–Kier alpha value is -2.21. The first kappa shape index (κ1) is 15.7. The van der Waals surface area contributed by atoms with Gasteiger partial charge in [0.2, 0.25) is 0 Å². The molecule has 122 valence electrons. The normalized spacial score (nSPS) is 21.1. The minimum Gasteiger partial charge on any atom is -0.396 e. The Balaban J connectivity index is 1.75. The molecule has 1 heterocycles. The lowest BCUT2D eigenvalue weighted by molar-refractivity contribution is 0.0906.